The largest absolute Gasteiger partial charge is 0.487 e. The second-order valence-corrected chi connectivity index (χ2v) is 8.29. The molecule has 2 aromatic heterocycles. The fraction of sp³-hybridized carbons (Fsp3) is 0.211. The molecule has 9 nitrogen and oxygen atoms in total. The molecular weight excluding hydrogens is 393 g/mol. The molecule has 2 amide bonds. The van der Waals surface area contributed by atoms with Gasteiger partial charge in [0, 0.05) is 12.6 Å². The Labute approximate surface area is 182 Å². The molecule has 0 unspecified atom stereocenters. The molecule has 0 bridgehead atoms. The van der Waals surface area contributed by atoms with Gasteiger partial charge in [0.05, 0.1) is 0 Å². The number of benzene rings is 1. The number of rotatable bonds is 5. The summed E-state index contributed by atoms with van der Waals surface area (Å²) in [6, 6.07) is 12.3. The van der Waals surface area contributed by atoms with Crippen molar-refractivity contribution in [3.05, 3.63) is 65.9 Å². The maximum absolute atomic E-state index is 13.3. The van der Waals surface area contributed by atoms with E-state index in [2.05, 4.69) is 25.5 Å². The van der Waals surface area contributed by atoms with E-state index in [-0.39, 0.29) is 18.3 Å². The highest BCUT2D eigenvalue weighted by atomic mass is 16.5. The first-order chi connectivity index (χ1) is 14.8. The molecule has 1 aliphatic rings. The van der Waals surface area contributed by atoms with E-state index in [0.717, 1.165) is 5.56 Å². The zero-order chi connectivity index (χ0) is 22.0. The highest BCUT2D eigenvalue weighted by molar-refractivity contribution is 6.62. The van der Waals surface area contributed by atoms with E-state index in [0.29, 0.717) is 23.8 Å². The van der Waals surface area contributed by atoms with Crippen LogP contribution in [0.2, 0.25) is 0 Å². The zero-order valence-electron chi connectivity index (χ0n) is 17.6. The Kier molecular flexibility index (Phi) is 5.54. The fourth-order valence-electron chi connectivity index (χ4n) is 3.41. The van der Waals surface area contributed by atoms with E-state index in [1.807, 2.05) is 53.9 Å². The molecule has 154 valence electrons. The monoisotopic (exact) mass is 414 g/mol. The topological polar surface area (TPSA) is 113 Å². The number of H-pyrrole nitrogens is 1. The van der Waals surface area contributed by atoms with Crippen LogP contribution in [0.15, 0.2) is 48.7 Å². The van der Waals surface area contributed by atoms with Crippen molar-refractivity contribution in [2.75, 3.05) is 11.5 Å². The Morgan fingerprint density at radius 3 is 2.71 bits per heavy atom. The number of pyridine rings is 1. The summed E-state index contributed by atoms with van der Waals surface area (Å²) in [5.74, 6) is 0.700. The number of anilines is 1. The van der Waals surface area contributed by atoms with Crippen molar-refractivity contribution in [3.63, 3.8) is 0 Å². The lowest BCUT2D eigenvalue weighted by atomic mass is 9.48. The van der Waals surface area contributed by atoms with Crippen LogP contribution in [-0.2, 0) is 11.2 Å². The van der Waals surface area contributed by atoms with E-state index in [1.165, 1.54) is 0 Å². The summed E-state index contributed by atoms with van der Waals surface area (Å²) in [5, 5.41) is 10.1. The number of hydrogen-bond donors (Lipinski definition) is 2. The average Bonchev–Trinajstić information content (AvgIpc) is 3.14. The molecule has 3 heterocycles. The van der Waals surface area contributed by atoms with Gasteiger partial charge in [-0.2, -0.15) is 0 Å². The normalized spacial score (nSPS) is 16.2. The minimum atomic E-state index is -0.899. The SMILES string of the molecule is BC(B)(B)N1C(=O)[C@@H](NC(=O)c2nnc(Cc3ccccc3)[nH]2)COc2cccnc21. The number of carbonyl (C=O) groups is 2. The van der Waals surface area contributed by atoms with Crippen LogP contribution in [0.25, 0.3) is 0 Å². The zero-order valence-corrected chi connectivity index (χ0v) is 17.6. The number of hydrogen-bond acceptors (Lipinski definition) is 6. The van der Waals surface area contributed by atoms with E-state index < -0.39 is 17.2 Å². The standard InChI is InChI=1S/C19H21B3N6O3/c20-19(21,22)28-16-13(7-4-8-23-16)31-10-12(18(28)30)24-17(29)15-25-14(26-27-15)9-11-5-2-1-3-6-11/h1-8,12H,9-10,20-22H2,(H,24,29)(H,25,26,27)/t12-/m0/s1. The molecule has 0 radical (unpaired) electrons. The number of nitrogens with one attached hydrogen (secondary N) is 2. The summed E-state index contributed by atoms with van der Waals surface area (Å²) < 4.78 is 5.79. The summed E-state index contributed by atoms with van der Waals surface area (Å²) >= 11 is 0. The minimum absolute atomic E-state index is 0.0130. The number of ether oxygens (including phenoxy) is 1. The predicted molar refractivity (Wildman–Crippen MR) is 122 cm³/mol. The molecule has 0 saturated carbocycles. The van der Waals surface area contributed by atoms with Crippen molar-refractivity contribution >= 4 is 41.2 Å². The molecule has 31 heavy (non-hydrogen) atoms. The molecule has 0 aliphatic carbocycles. The number of carbonyl (C=O) groups excluding carboxylic acids is 2. The molecule has 2 N–H and O–H groups in total. The maximum Gasteiger partial charge on any atom is 0.289 e. The molecular formula is C19H21B3N6O3. The van der Waals surface area contributed by atoms with Crippen molar-refractivity contribution in [1.82, 2.24) is 25.5 Å². The van der Waals surface area contributed by atoms with Crippen molar-refractivity contribution in [1.29, 1.82) is 0 Å². The lowest BCUT2D eigenvalue weighted by Gasteiger charge is -2.36. The second kappa shape index (κ2) is 8.29. The van der Waals surface area contributed by atoms with Crippen molar-refractivity contribution in [3.8, 4) is 5.75 Å². The van der Waals surface area contributed by atoms with Gasteiger partial charge >= 0.3 is 0 Å². The van der Waals surface area contributed by atoms with Gasteiger partial charge in [-0.05, 0) is 22.9 Å². The van der Waals surface area contributed by atoms with Crippen LogP contribution in [0, 0.1) is 0 Å². The van der Waals surface area contributed by atoms with E-state index in [4.69, 9.17) is 4.74 Å². The fourth-order valence-corrected chi connectivity index (χ4v) is 3.41. The highest BCUT2D eigenvalue weighted by Gasteiger charge is 2.39. The van der Waals surface area contributed by atoms with Crippen LogP contribution in [0.5, 0.6) is 5.75 Å². The van der Waals surface area contributed by atoms with Gasteiger partial charge in [-0.1, -0.05) is 30.3 Å². The lowest BCUT2D eigenvalue weighted by Crippen LogP contribution is -2.60. The molecule has 0 saturated heterocycles. The summed E-state index contributed by atoms with van der Waals surface area (Å²) in [5.41, 5.74) is 1.05. The van der Waals surface area contributed by atoms with E-state index in [9.17, 15) is 9.59 Å². The number of amides is 2. The summed E-state index contributed by atoms with van der Waals surface area (Å²) in [4.78, 5) is 34.9. The van der Waals surface area contributed by atoms with Gasteiger partial charge < -0.3 is 19.9 Å². The number of fused-ring (bicyclic) bond motifs is 1. The predicted octanol–water partition coefficient (Wildman–Crippen LogP) is -2.17. The Bertz CT molecular complexity index is 1100. The number of aromatic nitrogens is 4. The van der Waals surface area contributed by atoms with Gasteiger partial charge in [-0.15, -0.1) is 10.2 Å². The van der Waals surface area contributed by atoms with Gasteiger partial charge in [0.15, 0.2) is 11.6 Å². The Balaban J connectivity index is 1.51. The molecule has 1 aromatic carbocycles. The van der Waals surface area contributed by atoms with Crippen molar-refractivity contribution < 1.29 is 14.3 Å². The molecule has 0 spiro atoms. The Morgan fingerprint density at radius 1 is 1.19 bits per heavy atom. The molecule has 1 aliphatic heterocycles. The van der Waals surface area contributed by atoms with Crippen LogP contribution >= 0.6 is 0 Å². The number of aromatic amines is 1. The van der Waals surface area contributed by atoms with Crippen molar-refractivity contribution in [2.24, 2.45) is 0 Å². The van der Waals surface area contributed by atoms with Crippen LogP contribution < -0.4 is 15.0 Å². The van der Waals surface area contributed by atoms with Crippen LogP contribution in [-0.4, -0.2) is 73.4 Å². The summed E-state index contributed by atoms with van der Waals surface area (Å²) in [6.45, 7) is -0.0130. The van der Waals surface area contributed by atoms with E-state index in [1.54, 1.807) is 23.2 Å². The smallest absolute Gasteiger partial charge is 0.289 e. The van der Waals surface area contributed by atoms with Gasteiger partial charge in [-0.25, -0.2) is 4.98 Å². The lowest BCUT2D eigenvalue weighted by molar-refractivity contribution is -0.120. The second-order valence-electron chi connectivity index (χ2n) is 8.29. The molecule has 12 heteroatoms. The first kappa shape index (κ1) is 20.7. The molecule has 1 atom stereocenters. The summed E-state index contributed by atoms with van der Waals surface area (Å²) in [7, 11) is 5.71. The first-order valence-corrected chi connectivity index (χ1v) is 10.0. The summed E-state index contributed by atoms with van der Waals surface area (Å²) in [6.07, 6.45) is 2.13. The molecule has 3 aromatic rings. The quantitative estimate of drug-likeness (QED) is 0.460. The average molecular weight is 414 g/mol. The van der Waals surface area contributed by atoms with Crippen molar-refractivity contribution in [2.45, 2.75) is 17.7 Å². The van der Waals surface area contributed by atoms with Crippen LogP contribution in [0.4, 0.5) is 5.82 Å². The molecule has 4 rings (SSSR count). The minimum Gasteiger partial charge on any atom is -0.487 e. The van der Waals surface area contributed by atoms with Crippen LogP contribution in [0.1, 0.15) is 22.0 Å². The first-order valence-electron chi connectivity index (χ1n) is 10.0. The maximum atomic E-state index is 13.3. The Hall–Kier alpha value is -3.56. The third-order valence-corrected chi connectivity index (χ3v) is 4.83. The van der Waals surface area contributed by atoms with Gasteiger partial charge in [0.25, 0.3) is 11.8 Å². The van der Waals surface area contributed by atoms with E-state index >= 15 is 0 Å². The third-order valence-electron chi connectivity index (χ3n) is 4.83. The highest BCUT2D eigenvalue weighted by Crippen LogP contribution is 2.31. The van der Waals surface area contributed by atoms with Gasteiger partial charge in [-0.3, -0.25) is 9.59 Å². The van der Waals surface area contributed by atoms with Crippen LogP contribution in [0.3, 0.4) is 0 Å². The molecule has 0 fully saturated rings. The third kappa shape index (κ3) is 4.47. The van der Waals surface area contributed by atoms with Gasteiger partial charge in [0.1, 0.15) is 42.0 Å². The number of nitrogens with zero attached hydrogens (tertiary/aromatic N) is 4. The van der Waals surface area contributed by atoms with Gasteiger partial charge in [0.2, 0.25) is 5.82 Å². The Morgan fingerprint density at radius 2 is 1.97 bits per heavy atom.